The molecule has 0 spiro atoms. The largest absolute Gasteiger partial charge is 0.494 e. The minimum atomic E-state index is -0.449. The van der Waals surface area contributed by atoms with Gasteiger partial charge in [0.2, 0.25) is 11.1 Å². The number of rotatable bonds is 10. The van der Waals surface area contributed by atoms with Gasteiger partial charge in [-0.15, -0.1) is 5.10 Å². The lowest BCUT2D eigenvalue weighted by atomic mass is 10.1. The second-order valence-electron chi connectivity index (χ2n) is 7.15. The van der Waals surface area contributed by atoms with Crippen LogP contribution in [0.1, 0.15) is 30.9 Å². The van der Waals surface area contributed by atoms with Crippen LogP contribution in [0.15, 0.2) is 47.6 Å². The highest BCUT2D eigenvalue weighted by atomic mass is 32.2. The molecule has 7 nitrogen and oxygen atoms in total. The number of halogens is 1. The highest BCUT2D eigenvalue weighted by molar-refractivity contribution is 7.99. The Morgan fingerprint density at radius 3 is 2.61 bits per heavy atom. The number of carbonyl (C=O) groups is 1. The van der Waals surface area contributed by atoms with E-state index < -0.39 is 5.82 Å². The van der Waals surface area contributed by atoms with Crippen LogP contribution < -0.4 is 4.74 Å². The zero-order chi connectivity index (χ0) is 22.2. The van der Waals surface area contributed by atoms with Crippen LogP contribution in [0.3, 0.4) is 0 Å². The molecular formula is C22H26FN5O2S. The Bertz CT molecular complexity index is 1010. The molecule has 0 saturated carbocycles. The topological polar surface area (TPSA) is 73.1 Å². The molecule has 1 heterocycles. The second-order valence-corrected chi connectivity index (χ2v) is 8.09. The van der Waals surface area contributed by atoms with E-state index in [-0.39, 0.29) is 17.4 Å². The number of nitrogens with zero attached hydrogens (tertiary/aromatic N) is 5. The molecule has 0 aliphatic carbocycles. The van der Waals surface area contributed by atoms with E-state index in [1.807, 2.05) is 12.1 Å². The molecule has 0 bridgehead atoms. The highest BCUT2D eigenvalue weighted by Crippen LogP contribution is 2.21. The maximum Gasteiger partial charge on any atom is 0.233 e. The Kier molecular flexibility index (Phi) is 8.00. The number of benzene rings is 2. The number of hydrogen-bond acceptors (Lipinski definition) is 6. The smallest absolute Gasteiger partial charge is 0.233 e. The van der Waals surface area contributed by atoms with Crippen LogP contribution in [-0.4, -0.2) is 50.9 Å². The van der Waals surface area contributed by atoms with Gasteiger partial charge in [-0.1, -0.05) is 43.3 Å². The average molecular weight is 444 g/mol. The molecule has 3 rings (SSSR count). The molecular weight excluding hydrogens is 417 g/mol. The molecule has 1 aromatic heterocycles. The number of hydrogen-bond donors (Lipinski definition) is 0. The van der Waals surface area contributed by atoms with Gasteiger partial charge in [0.05, 0.1) is 18.6 Å². The van der Waals surface area contributed by atoms with Crippen molar-refractivity contribution in [2.45, 2.75) is 37.9 Å². The van der Waals surface area contributed by atoms with Crippen LogP contribution >= 0.6 is 11.8 Å². The van der Waals surface area contributed by atoms with E-state index in [0.717, 1.165) is 24.9 Å². The zero-order valence-electron chi connectivity index (χ0n) is 17.9. The molecule has 0 atom stereocenters. The monoisotopic (exact) mass is 443 g/mol. The van der Waals surface area contributed by atoms with Gasteiger partial charge in [-0.25, -0.2) is 4.39 Å². The minimum absolute atomic E-state index is 0.106. The van der Waals surface area contributed by atoms with Crippen LogP contribution in [0.25, 0.3) is 5.69 Å². The van der Waals surface area contributed by atoms with E-state index in [0.29, 0.717) is 17.3 Å². The fraction of sp³-hybridized carbons (Fsp3) is 0.364. The summed E-state index contributed by atoms with van der Waals surface area (Å²) in [6.07, 6.45) is 3.36. The molecule has 1 amide bonds. The van der Waals surface area contributed by atoms with Gasteiger partial charge in [0.15, 0.2) is 11.6 Å². The van der Waals surface area contributed by atoms with Crippen molar-refractivity contribution < 1.29 is 13.9 Å². The number of unbranched alkanes of at least 4 members (excludes halogenated alkanes) is 1. The van der Waals surface area contributed by atoms with Crippen molar-refractivity contribution in [2.75, 3.05) is 19.9 Å². The third-order valence-electron chi connectivity index (χ3n) is 4.83. The van der Waals surface area contributed by atoms with Crippen molar-refractivity contribution >= 4 is 17.7 Å². The Labute approximate surface area is 185 Å². The van der Waals surface area contributed by atoms with Crippen molar-refractivity contribution in [1.29, 1.82) is 0 Å². The first-order valence-corrected chi connectivity index (χ1v) is 11.1. The van der Waals surface area contributed by atoms with Crippen molar-refractivity contribution in [1.82, 2.24) is 25.1 Å². The first kappa shape index (κ1) is 22.7. The number of amides is 1. The highest BCUT2D eigenvalue weighted by Gasteiger charge is 2.15. The maximum absolute atomic E-state index is 13.9. The molecule has 0 N–H and O–H groups in total. The summed E-state index contributed by atoms with van der Waals surface area (Å²) in [5.74, 6) is -0.205. The maximum atomic E-state index is 13.9. The SMILES string of the molecule is CCCCc1ccc(-n2nnnc2SCC(=O)N(C)Cc2ccc(OC)c(F)c2)cc1. The number of ether oxygens (including phenoxy) is 1. The summed E-state index contributed by atoms with van der Waals surface area (Å²) in [5, 5.41) is 12.4. The van der Waals surface area contributed by atoms with Gasteiger partial charge in [-0.05, 0) is 58.7 Å². The predicted octanol–water partition coefficient (Wildman–Crippen LogP) is 3.90. The number of thioether (sulfide) groups is 1. The van der Waals surface area contributed by atoms with Crippen LogP contribution in [0.5, 0.6) is 5.75 Å². The van der Waals surface area contributed by atoms with Gasteiger partial charge in [0, 0.05) is 13.6 Å². The normalized spacial score (nSPS) is 10.8. The molecule has 9 heteroatoms. The molecule has 3 aromatic rings. The van der Waals surface area contributed by atoms with E-state index in [4.69, 9.17) is 4.74 Å². The molecule has 31 heavy (non-hydrogen) atoms. The van der Waals surface area contributed by atoms with E-state index in [1.165, 1.54) is 30.5 Å². The lowest BCUT2D eigenvalue weighted by molar-refractivity contribution is -0.127. The average Bonchev–Trinajstić information content (AvgIpc) is 3.25. The first-order valence-electron chi connectivity index (χ1n) is 10.1. The van der Waals surface area contributed by atoms with Crippen molar-refractivity contribution in [3.8, 4) is 11.4 Å². The lowest BCUT2D eigenvalue weighted by Gasteiger charge is -2.17. The van der Waals surface area contributed by atoms with E-state index in [2.05, 4.69) is 34.6 Å². The second kappa shape index (κ2) is 10.9. The summed E-state index contributed by atoms with van der Waals surface area (Å²) in [6.45, 7) is 2.47. The Morgan fingerprint density at radius 1 is 1.19 bits per heavy atom. The van der Waals surface area contributed by atoms with Gasteiger partial charge >= 0.3 is 0 Å². The van der Waals surface area contributed by atoms with Gasteiger partial charge < -0.3 is 9.64 Å². The summed E-state index contributed by atoms with van der Waals surface area (Å²) >= 11 is 1.26. The Balaban J connectivity index is 1.58. The molecule has 0 saturated heterocycles. The van der Waals surface area contributed by atoms with Crippen molar-refractivity contribution in [3.05, 3.63) is 59.4 Å². The summed E-state index contributed by atoms with van der Waals surface area (Å²) in [5.41, 5.74) is 2.81. The third kappa shape index (κ3) is 6.04. The van der Waals surface area contributed by atoms with Crippen molar-refractivity contribution in [2.24, 2.45) is 0 Å². The number of aryl methyl sites for hydroxylation is 1. The molecule has 164 valence electrons. The number of methoxy groups -OCH3 is 1. The number of aromatic nitrogens is 4. The van der Waals surface area contributed by atoms with E-state index in [1.54, 1.807) is 28.8 Å². The summed E-state index contributed by atoms with van der Waals surface area (Å²) in [4.78, 5) is 14.1. The molecule has 0 unspecified atom stereocenters. The molecule has 0 aliphatic heterocycles. The van der Waals surface area contributed by atoms with Crippen LogP contribution in [0.2, 0.25) is 0 Å². The number of tetrazole rings is 1. The summed E-state index contributed by atoms with van der Waals surface area (Å²) < 4.78 is 20.4. The lowest BCUT2D eigenvalue weighted by Crippen LogP contribution is -2.28. The van der Waals surface area contributed by atoms with Crippen LogP contribution in [0.4, 0.5) is 4.39 Å². The summed E-state index contributed by atoms with van der Waals surface area (Å²) in [7, 11) is 3.10. The zero-order valence-corrected chi connectivity index (χ0v) is 18.7. The van der Waals surface area contributed by atoms with Crippen molar-refractivity contribution in [3.63, 3.8) is 0 Å². The van der Waals surface area contributed by atoms with Gasteiger partial charge in [0.1, 0.15) is 0 Å². The number of carbonyl (C=O) groups excluding carboxylic acids is 1. The molecule has 0 fully saturated rings. The summed E-state index contributed by atoms with van der Waals surface area (Å²) in [6, 6.07) is 12.8. The first-order chi connectivity index (χ1) is 15.0. The van der Waals surface area contributed by atoms with Gasteiger partial charge in [0.25, 0.3) is 0 Å². The Morgan fingerprint density at radius 2 is 1.94 bits per heavy atom. The minimum Gasteiger partial charge on any atom is -0.494 e. The fourth-order valence-electron chi connectivity index (χ4n) is 3.02. The van der Waals surface area contributed by atoms with E-state index >= 15 is 0 Å². The van der Waals surface area contributed by atoms with E-state index in [9.17, 15) is 9.18 Å². The van der Waals surface area contributed by atoms with Crippen LogP contribution in [-0.2, 0) is 17.8 Å². The fourth-order valence-corrected chi connectivity index (χ4v) is 3.85. The standard InChI is InChI=1S/C22H26FN5O2S/c1-4-5-6-16-7-10-18(11-8-16)28-22(24-25-26-28)31-15-21(29)27(2)14-17-9-12-20(30-3)19(23)13-17/h7-13H,4-6,14-15H2,1-3H3. The Hall–Kier alpha value is -2.94. The van der Waals surface area contributed by atoms with Gasteiger partial charge in [-0.3, -0.25) is 4.79 Å². The van der Waals surface area contributed by atoms with Crippen LogP contribution in [0, 0.1) is 5.82 Å². The third-order valence-corrected chi connectivity index (χ3v) is 5.73. The molecule has 0 aliphatic rings. The quantitative estimate of drug-likeness (QED) is 0.443. The predicted molar refractivity (Wildman–Crippen MR) is 118 cm³/mol. The van der Waals surface area contributed by atoms with Gasteiger partial charge in [-0.2, -0.15) is 4.68 Å². The molecule has 0 radical (unpaired) electrons. The molecule has 2 aromatic carbocycles.